The third kappa shape index (κ3) is 3.40. The van der Waals surface area contributed by atoms with Crippen LogP contribution >= 0.6 is 0 Å². The highest BCUT2D eigenvalue weighted by molar-refractivity contribution is 5.95. The maximum atomic E-state index is 12.4. The summed E-state index contributed by atoms with van der Waals surface area (Å²) in [6.45, 7) is 7.27. The van der Waals surface area contributed by atoms with Gasteiger partial charge in [-0.05, 0) is 44.0 Å². The van der Waals surface area contributed by atoms with Crippen molar-refractivity contribution in [3.8, 4) is 0 Å². The van der Waals surface area contributed by atoms with E-state index in [4.69, 9.17) is 0 Å². The Morgan fingerprint density at radius 3 is 2.70 bits per heavy atom. The predicted molar refractivity (Wildman–Crippen MR) is 83.7 cm³/mol. The number of hydrogen-bond acceptors (Lipinski definition) is 2. The number of carbonyl (C=O) groups is 1. The van der Waals surface area contributed by atoms with Crippen LogP contribution in [0.4, 0.5) is 5.69 Å². The normalized spacial score (nSPS) is 18.8. The molecule has 0 saturated heterocycles. The summed E-state index contributed by atoms with van der Waals surface area (Å²) in [5.74, 6) is 0.170. The Bertz CT molecular complexity index is 464. The molecule has 0 aliphatic heterocycles. The first-order valence-electron chi connectivity index (χ1n) is 7.70. The van der Waals surface area contributed by atoms with Crippen molar-refractivity contribution >= 4 is 11.6 Å². The van der Waals surface area contributed by atoms with Crippen molar-refractivity contribution in [2.45, 2.75) is 52.5 Å². The van der Waals surface area contributed by atoms with Gasteiger partial charge in [0, 0.05) is 17.1 Å². The molecule has 0 bridgehead atoms. The summed E-state index contributed by atoms with van der Waals surface area (Å²) >= 11 is 0. The fourth-order valence-corrected chi connectivity index (χ4v) is 2.97. The summed E-state index contributed by atoms with van der Waals surface area (Å²) in [7, 11) is 0. The lowest BCUT2D eigenvalue weighted by Gasteiger charge is -2.22. The van der Waals surface area contributed by atoms with Crippen LogP contribution in [0.2, 0.25) is 0 Å². The molecule has 2 rings (SSSR count). The Kier molecular flexibility index (Phi) is 4.81. The highest BCUT2D eigenvalue weighted by Gasteiger charge is 2.36. The van der Waals surface area contributed by atoms with Crippen molar-refractivity contribution in [1.82, 2.24) is 5.32 Å². The van der Waals surface area contributed by atoms with Crippen LogP contribution in [-0.4, -0.2) is 12.5 Å². The van der Waals surface area contributed by atoms with Gasteiger partial charge >= 0.3 is 0 Å². The Balaban J connectivity index is 2.06. The number of carbonyl (C=O) groups excluding carboxylic acids is 1. The zero-order valence-electron chi connectivity index (χ0n) is 12.8. The molecule has 1 aromatic rings. The molecule has 0 heterocycles. The molecule has 110 valence electrons. The molecule has 1 fully saturated rings. The average molecular weight is 274 g/mol. The summed E-state index contributed by atoms with van der Waals surface area (Å²) < 4.78 is 0. The molecule has 1 unspecified atom stereocenters. The third-order valence-corrected chi connectivity index (χ3v) is 4.41. The topological polar surface area (TPSA) is 41.1 Å². The van der Waals surface area contributed by atoms with Gasteiger partial charge < -0.3 is 10.6 Å². The minimum atomic E-state index is -0.177. The van der Waals surface area contributed by atoms with Crippen molar-refractivity contribution in [1.29, 1.82) is 0 Å². The molecular weight excluding hydrogens is 248 g/mol. The number of nitrogens with one attached hydrogen (secondary N) is 2. The standard InChI is InChI=1S/C17H26N2O/c1-4-18-13(2)14-8-7-9-15(12-14)19-16(20)17(3)10-5-6-11-17/h7-9,12-13,18H,4-6,10-11H2,1-3H3,(H,19,20). The van der Waals surface area contributed by atoms with Gasteiger partial charge in [-0.25, -0.2) is 0 Å². The van der Waals surface area contributed by atoms with E-state index in [0.717, 1.165) is 25.1 Å². The van der Waals surface area contributed by atoms with Crippen LogP contribution in [0.3, 0.4) is 0 Å². The highest BCUT2D eigenvalue weighted by Crippen LogP contribution is 2.38. The van der Waals surface area contributed by atoms with Crippen LogP contribution in [0.5, 0.6) is 0 Å². The van der Waals surface area contributed by atoms with E-state index in [1.807, 2.05) is 12.1 Å². The number of rotatable bonds is 5. The van der Waals surface area contributed by atoms with E-state index in [2.05, 4.69) is 43.5 Å². The van der Waals surface area contributed by atoms with Gasteiger partial charge in [0.25, 0.3) is 0 Å². The van der Waals surface area contributed by atoms with Gasteiger partial charge in [-0.1, -0.05) is 38.8 Å². The fraction of sp³-hybridized carbons (Fsp3) is 0.588. The Morgan fingerprint density at radius 2 is 2.05 bits per heavy atom. The van der Waals surface area contributed by atoms with Gasteiger partial charge in [-0.3, -0.25) is 4.79 Å². The predicted octanol–water partition coefficient (Wildman–Crippen LogP) is 3.88. The van der Waals surface area contributed by atoms with Gasteiger partial charge in [0.15, 0.2) is 0 Å². The third-order valence-electron chi connectivity index (χ3n) is 4.41. The number of amides is 1. The second-order valence-corrected chi connectivity index (χ2v) is 6.13. The lowest BCUT2D eigenvalue weighted by atomic mass is 9.88. The molecule has 1 aliphatic rings. The van der Waals surface area contributed by atoms with E-state index in [1.165, 1.54) is 18.4 Å². The van der Waals surface area contributed by atoms with Gasteiger partial charge in [0.2, 0.25) is 5.91 Å². The summed E-state index contributed by atoms with van der Waals surface area (Å²) in [5, 5.41) is 6.49. The fourth-order valence-electron chi connectivity index (χ4n) is 2.97. The largest absolute Gasteiger partial charge is 0.326 e. The SMILES string of the molecule is CCNC(C)c1cccc(NC(=O)C2(C)CCCC2)c1. The van der Waals surface area contributed by atoms with E-state index in [-0.39, 0.29) is 11.3 Å². The molecule has 0 aromatic heterocycles. The van der Waals surface area contributed by atoms with Crippen molar-refractivity contribution in [3.63, 3.8) is 0 Å². The van der Waals surface area contributed by atoms with Crippen molar-refractivity contribution < 1.29 is 4.79 Å². The molecule has 1 saturated carbocycles. The van der Waals surface area contributed by atoms with Crippen molar-refractivity contribution in [2.24, 2.45) is 5.41 Å². The summed E-state index contributed by atoms with van der Waals surface area (Å²) in [6, 6.07) is 8.46. The number of benzene rings is 1. The molecule has 1 amide bonds. The van der Waals surface area contributed by atoms with Crippen LogP contribution in [0.15, 0.2) is 24.3 Å². The Labute approximate surface area is 122 Å². The van der Waals surface area contributed by atoms with Crippen LogP contribution in [0.25, 0.3) is 0 Å². The highest BCUT2D eigenvalue weighted by atomic mass is 16.2. The van der Waals surface area contributed by atoms with Crippen LogP contribution in [-0.2, 0) is 4.79 Å². The molecule has 1 aromatic carbocycles. The summed E-state index contributed by atoms with van der Waals surface area (Å²) in [6.07, 6.45) is 4.35. The van der Waals surface area contributed by atoms with E-state index >= 15 is 0 Å². The molecule has 1 aliphatic carbocycles. The molecule has 1 atom stereocenters. The molecule has 20 heavy (non-hydrogen) atoms. The summed E-state index contributed by atoms with van der Waals surface area (Å²) in [4.78, 5) is 12.4. The first-order valence-corrected chi connectivity index (χ1v) is 7.70. The lowest BCUT2D eigenvalue weighted by molar-refractivity contribution is -0.124. The quantitative estimate of drug-likeness (QED) is 0.855. The average Bonchev–Trinajstić information content (AvgIpc) is 2.88. The van der Waals surface area contributed by atoms with Gasteiger partial charge in [-0.15, -0.1) is 0 Å². The summed E-state index contributed by atoms with van der Waals surface area (Å²) in [5.41, 5.74) is 1.94. The monoisotopic (exact) mass is 274 g/mol. The molecule has 2 N–H and O–H groups in total. The zero-order chi connectivity index (χ0) is 14.6. The smallest absolute Gasteiger partial charge is 0.230 e. The zero-order valence-corrected chi connectivity index (χ0v) is 12.8. The molecular formula is C17H26N2O. The minimum absolute atomic E-state index is 0.170. The van der Waals surface area contributed by atoms with Gasteiger partial charge in [0.1, 0.15) is 0 Å². The first-order chi connectivity index (χ1) is 9.55. The number of hydrogen-bond donors (Lipinski definition) is 2. The van der Waals surface area contributed by atoms with E-state index in [0.29, 0.717) is 6.04 Å². The van der Waals surface area contributed by atoms with Crippen LogP contribution < -0.4 is 10.6 Å². The maximum Gasteiger partial charge on any atom is 0.230 e. The minimum Gasteiger partial charge on any atom is -0.326 e. The Hall–Kier alpha value is -1.35. The van der Waals surface area contributed by atoms with Crippen LogP contribution in [0.1, 0.15) is 58.1 Å². The molecule has 3 heteroatoms. The molecule has 3 nitrogen and oxygen atoms in total. The van der Waals surface area contributed by atoms with Crippen LogP contribution in [0, 0.1) is 5.41 Å². The van der Waals surface area contributed by atoms with Gasteiger partial charge in [-0.2, -0.15) is 0 Å². The van der Waals surface area contributed by atoms with E-state index < -0.39 is 0 Å². The van der Waals surface area contributed by atoms with Crippen molar-refractivity contribution in [2.75, 3.05) is 11.9 Å². The van der Waals surface area contributed by atoms with Crippen molar-refractivity contribution in [3.05, 3.63) is 29.8 Å². The number of anilines is 1. The lowest BCUT2D eigenvalue weighted by Crippen LogP contribution is -2.30. The molecule has 0 spiro atoms. The molecule has 0 radical (unpaired) electrons. The van der Waals surface area contributed by atoms with Gasteiger partial charge in [0.05, 0.1) is 0 Å². The second kappa shape index (κ2) is 6.40. The first kappa shape index (κ1) is 15.0. The Morgan fingerprint density at radius 1 is 1.35 bits per heavy atom. The maximum absolute atomic E-state index is 12.4. The second-order valence-electron chi connectivity index (χ2n) is 6.13. The van der Waals surface area contributed by atoms with E-state index in [1.54, 1.807) is 0 Å². The van der Waals surface area contributed by atoms with E-state index in [9.17, 15) is 4.79 Å².